The zero-order valence-corrected chi connectivity index (χ0v) is 57.8. The van der Waals surface area contributed by atoms with E-state index in [2.05, 4.69) is 48.5 Å². The molecule has 0 spiro atoms. The van der Waals surface area contributed by atoms with Gasteiger partial charge in [0.1, 0.15) is 12.1 Å². The largest absolute Gasteiger partial charge is 0.372 e. The van der Waals surface area contributed by atoms with E-state index in [0.717, 1.165) is 72.4 Å². The van der Waals surface area contributed by atoms with Gasteiger partial charge in [0.15, 0.2) is 6.23 Å². The van der Waals surface area contributed by atoms with Crippen LogP contribution in [0.3, 0.4) is 0 Å². The third-order valence-corrected chi connectivity index (χ3v) is 19.9. The number of aliphatic hydroxyl groups excluding tert-OH is 1. The molecular weight excluding hydrogens is 1170 g/mol. The number of hydrogen-bond donors (Lipinski definition) is 1. The van der Waals surface area contributed by atoms with Crippen LogP contribution in [0, 0.1) is 0 Å². The molecule has 93 heavy (non-hydrogen) atoms. The molecule has 2 fully saturated rings. The Hall–Kier alpha value is -7.89. The van der Waals surface area contributed by atoms with E-state index in [4.69, 9.17) is 4.74 Å². The molecule has 4 aromatic carbocycles. The molecule has 4 aliphatic rings. The first kappa shape index (κ1) is 71.0. The number of carbonyl (C=O) groups is 9. The van der Waals surface area contributed by atoms with Crippen LogP contribution in [-0.4, -0.2) is 110 Å². The summed E-state index contributed by atoms with van der Waals surface area (Å²) in [6.07, 6.45) is 10.9. The second-order valence-corrected chi connectivity index (χ2v) is 26.3. The number of aliphatic hydroxyl groups is 1. The van der Waals surface area contributed by atoms with Gasteiger partial charge in [-0.25, -0.2) is 14.7 Å². The monoisotopic (exact) mass is 1270 g/mol. The van der Waals surface area contributed by atoms with Crippen molar-refractivity contribution in [2.45, 2.75) is 255 Å². The molecule has 0 radical (unpaired) electrons. The van der Waals surface area contributed by atoms with E-state index < -0.39 is 53.4 Å². The summed E-state index contributed by atoms with van der Waals surface area (Å²) in [4.78, 5) is 134. The lowest BCUT2D eigenvalue weighted by atomic mass is 9.86. The Bertz CT molecular complexity index is 3580. The highest BCUT2D eigenvalue weighted by Gasteiger charge is 2.51. The second-order valence-electron chi connectivity index (χ2n) is 26.3. The number of anilines is 4. The van der Waals surface area contributed by atoms with E-state index in [1.165, 1.54) is 62.7 Å². The van der Waals surface area contributed by atoms with Gasteiger partial charge in [-0.05, 0) is 190 Å². The molecule has 4 heterocycles. The molecule has 4 aromatic rings. The van der Waals surface area contributed by atoms with Gasteiger partial charge in [0, 0.05) is 43.7 Å². The average Bonchev–Trinajstić information content (AvgIpc) is 1.68. The normalized spacial score (nSPS) is 19.4. The van der Waals surface area contributed by atoms with Crippen molar-refractivity contribution in [1.29, 1.82) is 0 Å². The zero-order valence-electron chi connectivity index (χ0n) is 57.8. The fraction of sp³-hybridized carbons (Fsp3) is 0.513. The van der Waals surface area contributed by atoms with Gasteiger partial charge in [0.2, 0.25) is 23.6 Å². The molecule has 1 N–H and O–H groups in total. The highest BCUT2D eigenvalue weighted by molar-refractivity contribution is 6.29. The molecule has 9 amide bonds. The number of amides is 9. The van der Waals surface area contributed by atoms with E-state index >= 15 is 4.79 Å². The lowest BCUT2D eigenvalue weighted by molar-refractivity contribution is -0.150. The summed E-state index contributed by atoms with van der Waals surface area (Å²) >= 11 is 0. The fourth-order valence-corrected chi connectivity index (χ4v) is 15.4. The maximum absolute atomic E-state index is 15.1. The topological polar surface area (TPSA) is 203 Å². The van der Waals surface area contributed by atoms with E-state index in [1.54, 1.807) is 4.90 Å². The summed E-state index contributed by atoms with van der Waals surface area (Å²) in [5.74, 6) is -3.37. The van der Waals surface area contributed by atoms with Crippen molar-refractivity contribution in [2.75, 3.05) is 19.6 Å². The van der Waals surface area contributed by atoms with Crippen molar-refractivity contribution in [3.63, 3.8) is 0 Å². The average molecular weight is 1270 g/mol. The maximum Gasteiger partial charge on any atom is 0.258 e. The fourth-order valence-electron chi connectivity index (χ4n) is 15.4. The van der Waals surface area contributed by atoms with Crippen molar-refractivity contribution in [2.24, 2.45) is 0 Å². The van der Waals surface area contributed by atoms with Gasteiger partial charge in [0.05, 0.1) is 47.3 Å². The van der Waals surface area contributed by atoms with Crippen molar-refractivity contribution >= 4 is 75.9 Å². The van der Waals surface area contributed by atoms with E-state index in [-0.39, 0.29) is 54.2 Å². The van der Waals surface area contributed by atoms with Gasteiger partial charge in [-0.15, -0.1) is 0 Å². The van der Waals surface area contributed by atoms with E-state index in [9.17, 15) is 43.5 Å². The molecule has 0 aliphatic carbocycles. The molecule has 7 atom stereocenters. The lowest BCUT2D eigenvalue weighted by Crippen LogP contribution is -2.58. The summed E-state index contributed by atoms with van der Waals surface area (Å²) < 4.78 is 7.01. The summed E-state index contributed by atoms with van der Waals surface area (Å²) in [5, 5.41) is 10.7. The molecule has 7 unspecified atom stereocenters. The molecule has 0 saturated carbocycles. The number of carbonyl (C=O) groups excluding carboxylic acids is 9. The number of imide groups is 3. The third kappa shape index (κ3) is 14.0. The summed E-state index contributed by atoms with van der Waals surface area (Å²) in [5.41, 5.74) is 11.8. The molecule has 4 aliphatic heterocycles. The van der Waals surface area contributed by atoms with Crippen LogP contribution >= 0.6 is 0 Å². The minimum atomic E-state index is -1.08. The van der Waals surface area contributed by atoms with Crippen LogP contribution in [0.15, 0.2) is 72.8 Å². The number of aryl methyl sites for hydroxylation is 8. The number of benzene rings is 4. The van der Waals surface area contributed by atoms with Crippen molar-refractivity contribution in [3.05, 3.63) is 140 Å². The van der Waals surface area contributed by atoms with Crippen LogP contribution in [-0.2, 0) is 112 Å². The predicted octanol–water partition coefficient (Wildman–Crippen LogP) is 11.6. The summed E-state index contributed by atoms with van der Waals surface area (Å²) in [6, 6.07) is 13.8. The number of nitrogens with zero attached hydrogens (tertiary/aromatic N) is 6. The first-order valence-corrected chi connectivity index (χ1v) is 34.0. The van der Waals surface area contributed by atoms with Crippen LogP contribution in [0.2, 0.25) is 0 Å². The quantitative estimate of drug-likeness (QED) is 0.0530. The highest BCUT2D eigenvalue weighted by Crippen LogP contribution is 2.42. The second kappa shape index (κ2) is 29.2. The summed E-state index contributed by atoms with van der Waals surface area (Å²) in [7, 11) is 0. The molecule has 498 valence electrons. The standard InChI is InChI=1S/C76H98N6O11/c1-17-53-33-49(34-54(18-2)69(53)78-63(85)27-28-64(78)86)31-51-37-57(21-5)71(58(22-6)38-51)80-67(89)41-61(73(80)91)77(47(13)83)45(11)43-76(16,26-10)93-46(12)44-75(15,25-9)82(48(14)84)62-42-68(90)81(74(62)92)72-59(23-7)39-52(40-60(72)24-8)32-50-35-55(19-3)70(56(20-4)36-50)79-65(87)29-30-66(79)88/h27-30,33-40,45-46,61-63,85H,17-26,31-32,41-44H2,1-16H3. The smallest absolute Gasteiger partial charge is 0.258 e. The van der Waals surface area contributed by atoms with Crippen LogP contribution < -0.4 is 19.6 Å². The molecule has 17 nitrogen and oxygen atoms in total. The first-order chi connectivity index (χ1) is 44.1. The van der Waals surface area contributed by atoms with Crippen molar-refractivity contribution in [1.82, 2.24) is 9.80 Å². The van der Waals surface area contributed by atoms with Crippen molar-refractivity contribution < 1.29 is 53.0 Å². The van der Waals surface area contributed by atoms with E-state index in [0.29, 0.717) is 107 Å². The Labute approximate surface area is 550 Å². The van der Waals surface area contributed by atoms with Gasteiger partial charge < -0.3 is 19.6 Å². The molecule has 8 rings (SSSR count). The zero-order chi connectivity index (χ0) is 68.3. The Balaban J connectivity index is 0.978. The Morgan fingerprint density at radius 2 is 0.871 bits per heavy atom. The molecular formula is C76H98N6O11. The van der Waals surface area contributed by atoms with Crippen LogP contribution in [0.4, 0.5) is 22.7 Å². The van der Waals surface area contributed by atoms with Gasteiger partial charge in [0.25, 0.3) is 29.5 Å². The first-order valence-electron chi connectivity index (χ1n) is 34.0. The predicted molar refractivity (Wildman–Crippen MR) is 364 cm³/mol. The maximum atomic E-state index is 15.1. The van der Waals surface area contributed by atoms with Gasteiger partial charge in [-0.1, -0.05) is 118 Å². The van der Waals surface area contributed by atoms with Crippen molar-refractivity contribution in [3.8, 4) is 0 Å². The van der Waals surface area contributed by atoms with Gasteiger partial charge in [-0.2, -0.15) is 0 Å². The Morgan fingerprint density at radius 1 is 0.505 bits per heavy atom. The SMILES string of the molecule is CCc1cc(Cc2cc(CC)c(N3C(=O)CC(N(C(C)=O)C(C)(CC)CC(C)OC(C)(CC)CC(C)N(C(C)=O)C4CC(=O)N(c5c(CC)cc(Cc6cc(CC)c(N7C(=O)C=CC7O)c(CC)c6)cc5CC)C4=O)C3=O)c(CC)c2)cc(CC)c1N1C(=O)C=CC1=O. The minimum Gasteiger partial charge on any atom is -0.372 e. The Kier molecular flexibility index (Phi) is 22.3. The third-order valence-electron chi connectivity index (χ3n) is 19.9. The molecule has 0 bridgehead atoms. The van der Waals surface area contributed by atoms with Crippen LogP contribution in [0.25, 0.3) is 0 Å². The highest BCUT2D eigenvalue weighted by atomic mass is 16.5. The summed E-state index contributed by atoms with van der Waals surface area (Å²) in [6.45, 7) is 30.6. The number of hydrogen-bond acceptors (Lipinski definition) is 11. The van der Waals surface area contributed by atoms with Gasteiger partial charge >= 0.3 is 0 Å². The van der Waals surface area contributed by atoms with E-state index in [1.807, 2.05) is 96.9 Å². The minimum absolute atomic E-state index is 0.184. The lowest BCUT2D eigenvalue weighted by Gasteiger charge is -2.46. The van der Waals surface area contributed by atoms with Gasteiger partial charge in [-0.3, -0.25) is 48.1 Å². The van der Waals surface area contributed by atoms with Crippen LogP contribution in [0.5, 0.6) is 0 Å². The molecule has 17 heteroatoms. The number of rotatable bonds is 28. The number of ether oxygens (including phenoxy) is 1. The Morgan fingerprint density at radius 3 is 1.20 bits per heavy atom. The van der Waals surface area contributed by atoms with Crippen LogP contribution in [0.1, 0.15) is 216 Å². The molecule has 2 saturated heterocycles. The molecule has 0 aromatic heterocycles.